The van der Waals surface area contributed by atoms with Gasteiger partial charge in [-0.25, -0.2) is 9.59 Å². The van der Waals surface area contributed by atoms with Gasteiger partial charge in [-0.1, -0.05) is 0 Å². The first-order valence-corrected chi connectivity index (χ1v) is 17.8. The number of benzene rings is 1. The van der Waals surface area contributed by atoms with Crippen LogP contribution in [0.2, 0.25) is 0 Å². The highest BCUT2D eigenvalue weighted by Gasteiger charge is 3.03. The molecule has 0 spiro atoms. The van der Waals surface area contributed by atoms with Gasteiger partial charge in [0.1, 0.15) is 0 Å². The molecule has 8 nitrogen and oxygen atoms in total. The summed E-state index contributed by atoms with van der Waals surface area (Å²) >= 11 is 0. The molecule has 0 radical (unpaired) electrons. The molecule has 0 unspecified atom stereocenters. The summed E-state index contributed by atoms with van der Waals surface area (Å²) in [5.41, 5.74) is -12.4. The molecule has 0 aromatic heterocycles. The lowest BCUT2D eigenvalue weighted by atomic mass is 9.81. The van der Waals surface area contributed by atoms with Crippen LogP contribution in [-0.4, -0.2) is 138 Å². The number of halogens is 39. The SMILES string of the molecule is CC(=O)OCNC(=O)c1c(C)c(N=C=O)cc(N=C=O)c1C(F)(F)C(F)(F)C(F)(F)C(F)(F)C(F)(F)C(F)(F)C(F)(F)C(F)(F)C(F)(F)C(F)(F)C(F)(F)C(F)(F)C(F)(F)C(F)(F)C(F)(F)C(F)(F)C(F)(F)C(F)(F)C(F)(F)F. The molecule has 0 atom stereocenters. The zero-order valence-corrected chi connectivity index (χ0v) is 35.5. The molecule has 0 heterocycles. The van der Waals surface area contributed by atoms with Crippen molar-refractivity contribution in [2.45, 2.75) is 127 Å². The molecule has 0 saturated carbocycles. The molecular formula is C32H10F39N3O5. The lowest BCUT2D eigenvalue weighted by Crippen LogP contribution is -2.80. The van der Waals surface area contributed by atoms with Gasteiger partial charge in [0.15, 0.2) is 6.73 Å². The van der Waals surface area contributed by atoms with Crippen LogP contribution >= 0.6 is 0 Å². The van der Waals surface area contributed by atoms with E-state index >= 15 is 17.6 Å². The van der Waals surface area contributed by atoms with E-state index in [2.05, 4.69) is 9.73 Å². The van der Waals surface area contributed by atoms with Crippen LogP contribution in [0, 0.1) is 6.92 Å². The van der Waals surface area contributed by atoms with Crippen LogP contribution in [-0.2, 0) is 25.0 Å². The molecule has 0 saturated heterocycles. The molecule has 1 aromatic carbocycles. The zero-order valence-electron chi connectivity index (χ0n) is 35.5. The Morgan fingerprint density at radius 3 is 0.861 bits per heavy atom. The van der Waals surface area contributed by atoms with Crippen molar-refractivity contribution in [3.63, 3.8) is 0 Å². The van der Waals surface area contributed by atoms with Crippen LogP contribution in [0.25, 0.3) is 0 Å². The highest BCUT2D eigenvalue weighted by molar-refractivity contribution is 6.00. The number of carbonyl (C=O) groups excluding carboxylic acids is 4. The number of hydrogen-bond donors (Lipinski definition) is 1. The molecule has 1 amide bonds. The number of aliphatic imine (C=N–C) groups is 2. The fourth-order valence-electron chi connectivity index (χ4n) is 5.44. The molecule has 1 aromatic rings. The maximum absolute atomic E-state index is 15.7. The van der Waals surface area contributed by atoms with E-state index in [0.29, 0.717) is 13.0 Å². The van der Waals surface area contributed by atoms with Crippen molar-refractivity contribution in [2.75, 3.05) is 6.73 Å². The quantitative estimate of drug-likeness (QED) is 0.0385. The third-order valence-corrected chi connectivity index (χ3v) is 9.98. The fourth-order valence-corrected chi connectivity index (χ4v) is 5.44. The van der Waals surface area contributed by atoms with Crippen LogP contribution in [0.3, 0.4) is 0 Å². The number of ether oxygens (including phenoxy) is 1. The molecule has 0 aliphatic carbocycles. The Morgan fingerprint density at radius 1 is 0.405 bits per heavy atom. The van der Waals surface area contributed by atoms with Crippen molar-refractivity contribution >= 4 is 35.4 Å². The molecule has 0 aliphatic rings. The van der Waals surface area contributed by atoms with E-state index in [1.54, 1.807) is 0 Å². The number of nitrogens with one attached hydrogen (secondary N) is 1. The summed E-state index contributed by atoms with van der Waals surface area (Å²) in [4.78, 5) is 49.9. The Labute approximate surface area is 402 Å². The maximum atomic E-state index is 15.7. The summed E-state index contributed by atoms with van der Waals surface area (Å²) in [5.74, 6) is -185. The summed E-state index contributed by atoms with van der Waals surface area (Å²) in [7, 11) is 0. The number of alkyl halides is 39. The highest BCUT2D eigenvalue weighted by atomic mass is 19.4. The van der Waals surface area contributed by atoms with Gasteiger partial charge < -0.3 is 10.1 Å². The van der Waals surface area contributed by atoms with E-state index in [0.717, 1.165) is 5.32 Å². The predicted octanol–water partition coefficient (Wildman–Crippen LogP) is 13.6. The Morgan fingerprint density at radius 2 is 0.633 bits per heavy atom. The van der Waals surface area contributed by atoms with Gasteiger partial charge >= 0.3 is 119 Å². The van der Waals surface area contributed by atoms with E-state index in [1.807, 2.05) is 4.99 Å². The normalized spacial score (nSPS) is 15.6. The third-order valence-electron chi connectivity index (χ3n) is 9.98. The van der Waals surface area contributed by atoms with Gasteiger partial charge in [-0.15, -0.1) is 0 Å². The number of hydrogen-bond acceptors (Lipinski definition) is 7. The molecule has 79 heavy (non-hydrogen) atoms. The van der Waals surface area contributed by atoms with Crippen molar-refractivity contribution in [3.8, 4) is 0 Å². The minimum Gasteiger partial charge on any atom is -0.445 e. The molecule has 1 N–H and O–H groups in total. The van der Waals surface area contributed by atoms with E-state index in [9.17, 15) is 173 Å². The first-order chi connectivity index (χ1) is 34.1. The van der Waals surface area contributed by atoms with Crippen molar-refractivity contribution < 1.29 is 195 Å². The second-order valence-corrected chi connectivity index (χ2v) is 14.8. The molecule has 1 rings (SSSR count). The summed E-state index contributed by atoms with van der Waals surface area (Å²) < 4.78 is 557. The van der Waals surface area contributed by atoms with Crippen molar-refractivity contribution in [1.82, 2.24) is 5.32 Å². The van der Waals surface area contributed by atoms with Gasteiger partial charge in [-0.2, -0.15) is 181 Å². The van der Waals surface area contributed by atoms with Crippen molar-refractivity contribution in [1.29, 1.82) is 0 Å². The number of carbonyl (C=O) groups is 2. The average molecular weight is 1260 g/mol. The zero-order chi connectivity index (χ0) is 64.2. The average Bonchev–Trinajstić information content (AvgIpc) is 3.25. The minimum atomic E-state index is -10.7. The Kier molecular flexibility index (Phi) is 17.5. The number of rotatable bonds is 23. The van der Waals surface area contributed by atoms with Crippen LogP contribution in [0.1, 0.15) is 28.4 Å². The summed E-state index contributed by atoms with van der Waals surface area (Å²) in [6.07, 6.45) is -8.08. The summed E-state index contributed by atoms with van der Waals surface area (Å²) in [6.45, 7) is -1.31. The second kappa shape index (κ2) is 19.4. The van der Waals surface area contributed by atoms with Gasteiger partial charge in [0, 0.05) is 6.92 Å². The standard InChI is InChI=1S/C32H10F39N3O5/c1-7-9(72-4-75)3-10(73-5-76)12(11(7)13(78)74-6-79-8(2)77)14(33,34)15(35,36)16(37,38)17(39,40)18(41,42)19(43,44)20(45,46)21(47,48)22(49,50)23(51,52)24(53,54)25(55,56)26(57,58)27(59,60)28(61,62)29(63,64)30(65,66)31(67,68)32(69,70)71/h3H,6H2,1-2H3,(H,74,78). The number of amides is 1. The van der Waals surface area contributed by atoms with Crippen molar-refractivity contribution in [2.24, 2.45) is 9.98 Å². The Bertz CT molecular complexity index is 2610. The van der Waals surface area contributed by atoms with Crippen LogP contribution in [0.5, 0.6) is 0 Å². The molecular weight excluding hydrogens is 1250 g/mol. The first kappa shape index (κ1) is 71.2. The number of isocyanates is 2. The van der Waals surface area contributed by atoms with Gasteiger partial charge in [-0.3, -0.25) is 9.59 Å². The van der Waals surface area contributed by atoms with Crippen LogP contribution in [0.4, 0.5) is 183 Å². The van der Waals surface area contributed by atoms with Gasteiger partial charge in [-0.05, 0) is 18.6 Å². The number of esters is 1. The summed E-state index contributed by atoms with van der Waals surface area (Å²) in [5, 5.41) is 1.04. The van der Waals surface area contributed by atoms with Crippen LogP contribution < -0.4 is 5.32 Å². The third kappa shape index (κ3) is 9.05. The Balaban J connectivity index is 4.36. The largest absolute Gasteiger partial charge is 0.460 e. The summed E-state index contributed by atoms with van der Waals surface area (Å²) in [6, 6.07) is -0.599. The topological polar surface area (TPSA) is 114 Å². The van der Waals surface area contributed by atoms with Gasteiger partial charge in [0.2, 0.25) is 12.2 Å². The fraction of sp³-hybridized carbons (Fsp3) is 0.688. The first-order valence-electron chi connectivity index (χ1n) is 17.8. The van der Waals surface area contributed by atoms with Crippen LogP contribution in [0.15, 0.2) is 16.1 Å². The van der Waals surface area contributed by atoms with Gasteiger partial charge in [0.05, 0.1) is 22.5 Å². The lowest BCUT2D eigenvalue weighted by Gasteiger charge is -2.47. The second-order valence-electron chi connectivity index (χ2n) is 14.8. The molecule has 0 bridgehead atoms. The minimum absolute atomic E-state index is 0.0192. The molecule has 0 fully saturated rings. The lowest BCUT2D eigenvalue weighted by molar-refractivity contribution is -0.495. The van der Waals surface area contributed by atoms with Gasteiger partial charge in [0.25, 0.3) is 5.91 Å². The maximum Gasteiger partial charge on any atom is 0.460 e. The van der Waals surface area contributed by atoms with E-state index < -0.39 is 166 Å². The smallest absolute Gasteiger partial charge is 0.445 e. The van der Waals surface area contributed by atoms with Crippen molar-refractivity contribution in [3.05, 3.63) is 22.8 Å². The predicted molar refractivity (Wildman–Crippen MR) is 165 cm³/mol. The monoisotopic (exact) mass is 1260 g/mol. The number of nitrogens with zero attached hydrogens (tertiary/aromatic N) is 2. The van der Waals surface area contributed by atoms with E-state index in [4.69, 9.17) is 0 Å². The molecule has 0 aliphatic heterocycles. The Hall–Kier alpha value is -5.81. The molecule has 47 heteroatoms. The van der Waals surface area contributed by atoms with E-state index in [-0.39, 0.29) is 13.0 Å². The van der Waals surface area contributed by atoms with E-state index in [1.165, 1.54) is 0 Å². The molecule has 456 valence electrons. The highest BCUT2D eigenvalue weighted by Crippen LogP contribution is 2.71.